The molecule has 116 valence electrons. The average molecular weight is 311 g/mol. The molecule has 6 heteroatoms. The normalized spacial score (nSPS) is 16.6. The Hall–Kier alpha value is -1.33. The highest BCUT2D eigenvalue weighted by Crippen LogP contribution is 2.19. The predicted octanol–water partition coefficient (Wildman–Crippen LogP) is 2.22. The molecule has 0 bridgehead atoms. The number of halogens is 1. The van der Waals surface area contributed by atoms with Gasteiger partial charge in [0.1, 0.15) is 5.82 Å². The van der Waals surface area contributed by atoms with Crippen molar-refractivity contribution < 1.29 is 4.79 Å². The number of aromatic nitrogens is 1. The zero-order valence-corrected chi connectivity index (χ0v) is 13.5. The van der Waals surface area contributed by atoms with Crippen LogP contribution in [0.2, 0.25) is 5.02 Å². The maximum atomic E-state index is 11.5. The smallest absolute Gasteiger partial charge is 0.219 e. The first-order valence-corrected chi connectivity index (χ1v) is 7.85. The van der Waals surface area contributed by atoms with E-state index in [0.29, 0.717) is 5.02 Å². The van der Waals surface area contributed by atoms with Crippen LogP contribution >= 0.6 is 11.6 Å². The van der Waals surface area contributed by atoms with Crippen molar-refractivity contribution in [3.63, 3.8) is 0 Å². The molecule has 1 aromatic heterocycles. The van der Waals surface area contributed by atoms with E-state index in [-0.39, 0.29) is 5.91 Å². The highest BCUT2D eigenvalue weighted by Gasteiger charge is 2.17. The fourth-order valence-electron chi connectivity index (χ4n) is 2.53. The number of nitrogens with one attached hydrogen (secondary N) is 1. The summed E-state index contributed by atoms with van der Waals surface area (Å²) in [4.78, 5) is 20.2. The fraction of sp³-hybridized carbons (Fsp3) is 0.600. The van der Waals surface area contributed by atoms with Gasteiger partial charge in [-0.3, -0.25) is 9.69 Å². The van der Waals surface area contributed by atoms with Crippen molar-refractivity contribution >= 4 is 23.3 Å². The molecule has 1 aliphatic rings. The Kier molecular flexibility index (Phi) is 5.82. The van der Waals surface area contributed by atoms with E-state index in [4.69, 9.17) is 11.6 Å². The van der Waals surface area contributed by atoms with Gasteiger partial charge in [0.2, 0.25) is 5.91 Å². The molecule has 0 aromatic carbocycles. The van der Waals surface area contributed by atoms with E-state index in [1.54, 1.807) is 6.92 Å². The SMILES string of the molecule is CCNc1ccc(Cl)c(CN2CCCN(C(C)=O)CC2)n1. The maximum Gasteiger partial charge on any atom is 0.219 e. The third kappa shape index (κ3) is 4.58. The molecule has 21 heavy (non-hydrogen) atoms. The van der Waals surface area contributed by atoms with E-state index in [2.05, 4.69) is 15.2 Å². The quantitative estimate of drug-likeness (QED) is 0.926. The Morgan fingerprint density at radius 1 is 1.33 bits per heavy atom. The van der Waals surface area contributed by atoms with E-state index >= 15 is 0 Å². The van der Waals surface area contributed by atoms with Gasteiger partial charge >= 0.3 is 0 Å². The van der Waals surface area contributed by atoms with Crippen LogP contribution in [0.15, 0.2) is 12.1 Å². The van der Waals surface area contributed by atoms with Crippen LogP contribution in [-0.2, 0) is 11.3 Å². The van der Waals surface area contributed by atoms with Crippen molar-refractivity contribution in [1.29, 1.82) is 0 Å². The summed E-state index contributed by atoms with van der Waals surface area (Å²) in [6.45, 7) is 8.69. The van der Waals surface area contributed by atoms with Crippen molar-refractivity contribution in [2.45, 2.75) is 26.8 Å². The van der Waals surface area contributed by atoms with Gasteiger partial charge < -0.3 is 10.2 Å². The molecular weight excluding hydrogens is 288 g/mol. The highest BCUT2D eigenvalue weighted by molar-refractivity contribution is 6.31. The van der Waals surface area contributed by atoms with Gasteiger partial charge in [0.25, 0.3) is 0 Å². The minimum Gasteiger partial charge on any atom is -0.370 e. The number of nitrogens with zero attached hydrogens (tertiary/aromatic N) is 3. The lowest BCUT2D eigenvalue weighted by Crippen LogP contribution is -2.33. The Balaban J connectivity index is 2.00. The minimum absolute atomic E-state index is 0.155. The summed E-state index contributed by atoms with van der Waals surface area (Å²) < 4.78 is 0. The van der Waals surface area contributed by atoms with E-state index < -0.39 is 0 Å². The number of carbonyl (C=O) groups excluding carboxylic acids is 1. The van der Waals surface area contributed by atoms with Gasteiger partial charge in [-0.15, -0.1) is 0 Å². The molecule has 2 rings (SSSR count). The molecule has 0 spiro atoms. The monoisotopic (exact) mass is 310 g/mol. The molecule has 0 atom stereocenters. The van der Waals surface area contributed by atoms with Crippen LogP contribution in [0.3, 0.4) is 0 Å². The number of anilines is 1. The molecule has 0 saturated carbocycles. The summed E-state index contributed by atoms with van der Waals surface area (Å²) in [6.07, 6.45) is 0.990. The number of hydrogen-bond acceptors (Lipinski definition) is 4. The van der Waals surface area contributed by atoms with E-state index in [9.17, 15) is 4.79 Å². The summed E-state index contributed by atoms with van der Waals surface area (Å²) >= 11 is 6.25. The van der Waals surface area contributed by atoms with Crippen LogP contribution < -0.4 is 5.32 Å². The second-order valence-corrected chi connectivity index (χ2v) is 5.70. The standard InChI is InChI=1S/C15H23ClN4O/c1-3-17-15-6-5-13(16)14(18-15)11-19-7-4-8-20(10-9-19)12(2)21/h5-6H,3-4,7-11H2,1-2H3,(H,17,18). The largest absolute Gasteiger partial charge is 0.370 e. The minimum atomic E-state index is 0.155. The molecule has 0 unspecified atom stereocenters. The lowest BCUT2D eigenvalue weighted by Gasteiger charge is -2.21. The second-order valence-electron chi connectivity index (χ2n) is 5.29. The van der Waals surface area contributed by atoms with Crippen LogP contribution in [0.4, 0.5) is 5.82 Å². The number of rotatable bonds is 4. The van der Waals surface area contributed by atoms with Crippen molar-refractivity contribution in [3.05, 3.63) is 22.8 Å². The summed E-state index contributed by atoms with van der Waals surface area (Å²) in [5.74, 6) is 1.01. The molecule has 1 aromatic rings. The number of hydrogen-bond donors (Lipinski definition) is 1. The second kappa shape index (κ2) is 7.61. The Morgan fingerprint density at radius 2 is 2.14 bits per heavy atom. The van der Waals surface area contributed by atoms with Crippen LogP contribution in [0.5, 0.6) is 0 Å². The summed E-state index contributed by atoms with van der Waals surface area (Å²) in [6, 6.07) is 3.79. The van der Waals surface area contributed by atoms with Gasteiger partial charge in [0.05, 0.1) is 10.7 Å². The van der Waals surface area contributed by atoms with Gasteiger partial charge in [-0.2, -0.15) is 0 Å². The lowest BCUT2D eigenvalue weighted by molar-refractivity contribution is -0.128. The lowest BCUT2D eigenvalue weighted by atomic mass is 10.3. The van der Waals surface area contributed by atoms with Crippen LogP contribution in [-0.4, -0.2) is 53.4 Å². The molecule has 1 aliphatic heterocycles. The third-order valence-corrected chi connectivity index (χ3v) is 4.03. The Labute approximate surface area is 131 Å². The molecule has 1 N–H and O–H groups in total. The fourth-order valence-corrected chi connectivity index (χ4v) is 2.70. The van der Waals surface area contributed by atoms with Crippen molar-refractivity contribution in [2.75, 3.05) is 38.0 Å². The predicted molar refractivity (Wildman–Crippen MR) is 85.6 cm³/mol. The topological polar surface area (TPSA) is 48.5 Å². The maximum absolute atomic E-state index is 11.5. The summed E-state index contributed by atoms with van der Waals surface area (Å²) in [5.41, 5.74) is 0.895. The first-order valence-electron chi connectivity index (χ1n) is 7.47. The van der Waals surface area contributed by atoms with Gasteiger partial charge in [-0.1, -0.05) is 11.6 Å². The molecule has 0 aliphatic carbocycles. The Morgan fingerprint density at radius 3 is 2.86 bits per heavy atom. The molecule has 0 radical (unpaired) electrons. The van der Waals surface area contributed by atoms with Crippen molar-refractivity contribution in [3.8, 4) is 0 Å². The van der Waals surface area contributed by atoms with E-state index in [1.165, 1.54) is 0 Å². The molecule has 2 heterocycles. The van der Waals surface area contributed by atoms with Crippen molar-refractivity contribution in [2.24, 2.45) is 0 Å². The van der Waals surface area contributed by atoms with Gasteiger partial charge in [-0.25, -0.2) is 4.98 Å². The first kappa shape index (κ1) is 16.0. The molecule has 5 nitrogen and oxygen atoms in total. The summed E-state index contributed by atoms with van der Waals surface area (Å²) in [5, 5.41) is 3.90. The first-order chi connectivity index (χ1) is 10.1. The zero-order valence-electron chi connectivity index (χ0n) is 12.7. The van der Waals surface area contributed by atoms with Crippen molar-refractivity contribution in [1.82, 2.24) is 14.8 Å². The number of pyridine rings is 1. The molecule has 1 saturated heterocycles. The van der Waals surface area contributed by atoms with E-state index in [1.807, 2.05) is 24.0 Å². The molecule has 1 fully saturated rings. The molecular formula is C15H23ClN4O. The van der Waals surface area contributed by atoms with Crippen LogP contribution in [0.1, 0.15) is 26.0 Å². The highest BCUT2D eigenvalue weighted by atomic mass is 35.5. The Bertz CT molecular complexity index is 495. The number of carbonyl (C=O) groups is 1. The summed E-state index contributed by atoms with van der Waals surface area (Å²) in [7, 11) is 0. The van der Waals surface area contributed by atoms with Gasteiger partial charge in [-0.05, 0) is 25.5 Å². The zero-order chi connectivity index (χ0) is 15.2. The van der Waals surface area contributed by atoms with Crippen LogP contribution in [0, 0.1) is 0 Å². The number of amides is 1. The average Bonchev–Trinajstić information content (AvgIpc) is 2.68. The van der Waals surface area contributed by atoms with Gasteiger partial charge in [0.15, 0.2) is 0 Å². The molecule has 1 amide bonds. The van der Waals surface area contributed by atoms with E-state index in [0.717, 1.165) is 57.2 Å². The van der Waals surface area contributed by atoms with Gasteiger partial charge in [0, 0.05) is 46.2 Å². The third-order valence-electron chi connectivity index (χ3n) is 3.68. The van der Waals surface area contributed by atoms with Crippen LogP contribution in [0.25, 0.3) is 0 Å².